The lowest BCUT2D eigenvalue weighted by molar-refractivity contribution is 0.580. The van der Waals surface area contributed by atoms with Gasteiger partial charge in [0, 0.05) is 6.54 Å². The monoisotopic (exact) mass is 215 g/mol. The average molecular weight is 215 g/mol. The number of halogens is 1. The molecule has 0 saturated heterocycles. The molecule has 0 aromatic carbocycles. The highest BCUT2D eigenvalue weighted by Crippen LogP contribution is 2.19. The Hall–Kier alpha value is -0.840. The summed E-state index contributed by atoms with van der Waals surface area (Å²) in [5, 5.41) is 3.44. The lowest BCUT2D eigenvalue weighted by Crippen LogP contribution is -2.05. The number of anilines is 1. The fourth-order valence-corrected chi connectivity index (χ4v) is 1.53. The number of hydrogen-bond donors (Lipinski definition) is 1. The molecule has 0 aliphatic heterocycles. The highest BCUT2D eigenvalue weighted by Gasteiger charge is 2.05. The van der Waals surface area contributed by atoms with Crippen LogP contribution in [0.4, 0.5) is 10.3 Å². The number of thioether (sulfide) groups is 1. The van der Waals surface area contributed by atoms with E-state index in [9.17, 15) is 4.39 Å². The topological polar surface area (TPSA) is 37.8 Å². The molecule has 1 heterocycles. The molecule has 0 amide bonds. The van der Waals surface area contributed by atoms with Crippen LogP contribution in [0.3, 0.4) is 0 Å². The van der Waals surface area contributed by atoms with Gasteiger partial charge in [-0.3, -0.25) is 0 Å². The molecule has 5 heteroatoms. The summed E-state index contributed by atoms with van der Waals surface area (Å²) in [5.74, 6) is 0.962. The van der Waals surface area contributed by atoms with E-state index in [-0.39, 0.29) is 5.82 Å². The minimum Gasteiger partial charge on any atom is -0.354 e. The van der Waals surface area contributed by atoms with E-state index in [1.807, 2.05) is 6.92 Å². The van der Waals surface area contributed by atoms with Gasteiger partial charge in [-0.25, -0.2) is 14.4 Å². The molecule has 3 nitrogen and oxygen atoms in total. The maximum atomic E-state index is 13.1. The predicted molar refractivity (Wildman–Crippen MR) is 57.2 cm³/mol. The second-order valence-corrected chi connectivity index (χ2v) is 3.96. The molecule has 0 unspecified atom stereocenters. The summed E-state index contributed by atoms with van der Waals surface area (Å²) in [6, 6.07) is 0. The van der Waals surface area contributed by atoms with Crippen LogP contribution in [0.1, 0.15) is 20.3 Å². The molecule has 0 bridgehead atoms. The molecule has 1 rings (SSSR count). The zero-order valence-electron chi connectivity index (χ0n) is 8.38. The van der Waals surface area contributed by atoms with Gasteiger partial charge in [-0.05, 0) is 12.2 Å². The Morgan fingerprint density at radius 2 is 2.29 bits per heavy atom. The zero-order valence-corrected chi connectivity index (χ0v) is 9.20. The quantitative estimate of drug-likeness (QED) is 0.605. The number of aromatic nitrogens is 2. The Bertz CT molecular complexity index is 293. The first-order valence-corrected chi connectivity index (χ1v) is 5.65. The number of nitrogens with one attached hydrogen (secondary N) is 1. The van der Waals surface area contributed by atoms with Crippen molar-refractivity contribution in [1.29, 1.82) is 0 Å². The van der Waals surface area contributed by atoms with Gasteiger partial charge in [0.25, 0.3) is 0 Å². The Balaban J connectivity index is 2.72. The molecule has 0 saturated carbocycles. The van der Waals surface area contributed by atoms with Gasteiger partial charge in [-0.2, -0.15) is 0 Å². The highest BCUT2D eigenvalue weighted by molar-refractivity contribution is 7.99. The predicted octanol–water partition coefficient (Wildman–Crippen LogP) is 2.55. The molecule has 1 aromatic heterocycles. The summed E-state index contributed by atoms with van der Waals surface area (Å²) in [5.41, 5.74) is 0. The van der Waals surface area contributed by atoms with Gasteiger partial charge < -0.3 is 5.32 Å². The van der Waals surface area contributed by atoms with Crippen molar-refractivity contribution in [2.24, 2.45) is 0 Å². The standard InChI is InChI=1S/C9H14FN3S/c1-3-5-11-9-12-6-7(10)8(13-9)14-4-2/h6H,3-5H2,1-2H3,(H,11,12,13). The first-order chi connectivity index (χ1) is 6.77. The molecule has 0 radical (unpaired) electrons. The van der Waals surface area contributed by atoms with Crippen LogP contribution in [0.2, 0.25) is 0 Å². The number of rotatable bonds is 5. The van der Waals surface area contributed by atoms with Gasteiger partial charge in [0.15, 0.2) is 5.82 Å². The van der Waals surface area contributed by atoms with Crippen LogP contribution in [0.15, 0.2) is 11.2 Å². The Morgan fingerprint density at radius 1 is 1.50 bits per heavy atom. The van der Waals surface area contributed by atoms with Gasteiger partial charge in [0.05, 0.1) is 6.20 Å². The Labute approximate surface area is 87.5 Å². The molecule has 78 valence electrons. The summed E-state index contributed by atoms with van der Waals surface area (Å²) < 4.78 is 13.1. The molecule has 0 fully saturated rings. The SMILES string of the molecule is CCCNc1ncc(F)c(SCC)n1. The maximum Gasteiger partial charge on any atom is 0.223 e. The van der Waals surface area contributed by atoms with Crippen molar-refractivity contribution >= 4 is 17.7 Å². The summed E-state index contributed by atoms with van der Waals surface area (Å²) in [6.07, 6.45) is 2.21. The third-order valence-electron chi connectivity index (χ3n) is 1.53. The van der Waals surface area contributed by atoms with Crippen LogP contribution in [0.25, 0.3) is 0 Å². The van der Waals surface area contributed by atoms with Crippen LogP contribution < -0.4 is 5.32 Å². The van der Waals surface area contributed by atoms with Gasteiger partial charge in [-0.1, -0.05) is 13.8 Å². The van der Waals surface area contributed by atoms with Gasteiger partial charge in [0.2, 0.25) is 5.95 Å². The largest absolute Gasteiger partial charge is 0.354 e. The highest BCUT2D eigenvalue weighted by atomic mass is 32.2. The minimum atomic E-state index is -0.348. The molecule has 0 spiro atoms. The molecule has 1 aromatic rings. The van der Waals surface area contributed by atoms with E-state index in [2.05, 4.69) is 22.2 Å². The third-order valence-corrected chi connectivity index (χ3v) is 2.37. The first kappa shape index (κ1) is 11.2. The lowest BCUT2D eigenvalue weighted by atomic mass is 10.5. The van der Waals surface area contributed by atoms with Crippen LogP contribution >= 0.6 is 11.8 Å². The van der Waals surface area contributed by atoms with E-state index < -0.39 is 0 Å². The van der Waals surface area contributed by atoms with Crippen LogP contribution in [0, 0.1) is 5.82 Å². The average Bonchev–Trinajstić information content (AvgIpc) is 2.19. The first-order valence-electron chi connectivity index (χ1n) is 4.67. The minimum absolute atomic E-state index is 0.348. The summed E-state index contributed by atoms with van der Waals surface area (Å²) >= 11 is 1.38. The van der Waals surface area contributed by atoms with E-state index in [4.69, 9.17) is 0 Å². The van der Waals surface area contributed by atoms with Crippen molar-refractivity contribution in [2.45, 2.75) is 25.3 Å². The summed E-state index contributed by atoms with van der Waals surface area (Å²) in [6.45, 7) is 4.82. The van der Waals surface area contributed by atoms with Crippen LogP contribution in [-0.2, 0) is 0 Å². The van der Waals surface area contributed by atoms with E-state index >= 15 is 0 Å². The lowest BCUT2D eigenvalue weighted by Gasteiger charge is -2.04. The molecule has 1 N–H and O–H groups in total. The van der Waals surface area contributed by atoms with Crippen LogP contribution in [0.5, 0.6) is 0 Å². The van der Waals surface area contributed by atoms with Crippen molar-refractivity contribution in [3.05, 3.63) is 12.0 Å². The second kappa shape index (κ2) is 5.80. The maximum absolute atomic E-state index is 13.1. The normalized spacial score (nSPS) is 10.2. The van der Waals surface area contributed by atoms with Crippen molar-refractivity contribution < 1.29 is 4.39 Å². The van der Waals surface area contributed by atoms with Crippen molar-refractivity contribution in [1.82, 2.24) is 9.97 Å². The van der Waals surface area contributed by atoms with Crippen molar-refractivity contribution in [2.75, 3.05) is 17.6 Å². The van der Waals surface area contributed by atoms with E-state index in [1.165, 1.54) is 18.0 Å². The van der Waals surface area contributed by atoms with Crippen molar-refractivity contribution in [3.63, 3.8) is 0 Å². The number of hydrogen-bond acceptors (Lipinski definition) is 4. The molecule has 0 aliphatic carbocycles. The van der Waals surface area contributed by atoms with Crippen molar-refractivity contribution in [3.8, 4) is 0 Å². The fourth-order valence-electron chi connectivity index (χ4n) is 0.911. The van der Waals surface area contributed by atoms with Gasteiger partial charge in [0.1, 0.15) is 5.03 Å². The van der Waals surface area contributed by atoms with E-state index in [1.54, 1.807) is 0 Å². The number of nitrogens with zero attached hydrogens (tertiary/aromatic N) is 2. The molecule has 14 heavy (non-hydrogen) atoms. The third kappa shape index (κ3) is 3.14. The molecular formula is C9H14FN3S. The summed E-state index contributed by atoms with van der Waals surface area (Å²) in [7, 11) is 0. The van der Waals surface area contributed by atoms with Gasteiger partial charge >= 0.3 is 0 Å². The Morgan fingerprint density at radius 3 is 2.93 bits per heavy atom. The summed E-state index contributed by atoms with van der Waals surface area (Å²) in [4.78, 5) is 7.91. The van der Waals surface area contributed by atoms with E-state index in [0.29, 0.717) is 11.0 Å². The molecule has 0 atom stereocenters. The smallest absolute Gasteiger partial charge is 0.223 e. The van der Waals surface area contributed by atoms with Gasteiger partial charge in [-0.15, -0.1) is 11.8 Å². The second-order valence-electron chi connectivity index (χ2n) is 2.71. The van der Waals surface area contributed by atoms with E-state index in [0.717, 1.165) is 18.7 Å². The zero-order chi connectivity index (χ0) is 10.4. The van der Waals surface area contributed by atoms with Crippen LogP contribution in [-0.4, -0.2) is 22.3 Å². The Kier molecular flexibility index (Phi) is 4.65. The molecular weight excluding hydrogens is 201 g/mol. The fraction of sp³-hybridized carbons (Fsp3) is 0.556. The molecule has 0 aliphatic rings.